The van der Waals surface area contributed by atoms with E-state index in [1.165, 1.54) is 33.4 Å². The number of aromatic nitrogens is 4. The van der Waals surface area contributed by atoms with Crippen molar-refractivity contribution in [2.45, 2.75) is 157 Å². The summed E-state index contributed by atoms with van der Waals surface area (Å²) in [5, 5.41) is 0. The molecular weight excluding hydrogens is 843 g/mol. The van der Waals surface area contributed by atoms with Crippen LogP contribution in [0.4, 0.5) is 51.8 Å². The minimum atomic E-state index is -0.131. The van der Waals surface area contributed by atoms with Gasteiger partial charge in [0.1, 0.15) is 29.1 Å². The SMILES string of the molecule is CC(C)(C)c1cccc(N(c2cc(N(c3cccc(C(C)(C)C)c3)c3cc(C(C)(C)C)ccn3)nc(N(c3cccc(C(C)(C)C)c3)c3cc(C(C)(C)C)ccn3)c2)c2cc(C(C)(C)C)ccn2)c1. The fourth-order valence-corrected chi connectivity index (χ4v) is 8.38. The minimum absolute atomic E-state index is 0.103. The minimum Gasteiger partial charge on any atom is -0.295 e. The van der Waals surface area contributed by atoms with Gasteiger partial charge in [0.2, 0.25) is 0 Å². The highest BCUT2D eigenvalue weighted by atomic mass is 15.3. The molecule has 0 saturated heterocycles. The van der Waals surface area contributed by atoms with Gasteiger partial charge in [-0.3, -0.25) is 14.7 Å². The second-order valence-corrected chi connectivity index (χ2v) is 24.9. The van der Waals surface area contributed by atoms with Gasteiger partial charge >= 0.3 is 0 Å². The average Bonchev–Trinajstić information content (AvgIpc) is 3.26. The highest BCUT2D eigenvalue weighted by Gasteiger charge is 2.29. The van der Waals surface area contributed by atoms with Crippen molar-refractivity contribution in [2.24, 2.45) is 0 Å². The first-order chi connectivity index (χ1) is 32.0. The lowest BCUT2D eigenvalue weighted by molar-refractivity contribution is 0.589. The molecule has 0 aliphatic carbocycles. The number of hydrogen-bond donors (Lipinski definition) is 0. The van der Waals surface area contributed by atoms with Gasteiger partial charge < -0.3 is 0 Å². The van der Waals surface area contributed by atoms with Crippen molar-refractivity contribution in [1.82, 2.24) is 19.9 Å². The largest absolute Gasteiger partial charge is 0.295 e. The predicted octanol–water partition coefficient (Wildman–Crippen LogP) is 17.5. The van der Waals surface area contributed by atoms with Crippen molar-refractivity contribution in [1.29, 1.82) is 0 Å². The zero-order chi connectivity index (χ0) is 50.5. The summed E-state index contributed by atoms with van der Waals surface area (Å²) in [5.41, 5.74) is 10.3. The molecule has 0 spiro atoms. The van der Waals surface area contributed by atoms with E-state index < -0.39 is 0 Å². The van der Waals surface area contributed by atoms with Crippen molar-refractivity contribution in [3.63, 3.8) is 0 Å². The highest BCUT2D eigenvalue weighted by molar-refractivity contribution is 5.85. The molecular formula is C62H77N7. The molecule has 4 heterocycles. The summed E-state index contributed by atoms with van der Waals surface area (Å²) in [6.45, 7) is 40.6. The molecule has 0 saturated carbocycles. The molecule has 0 fully saturated rings. The van der Waals surface area contributed by atoms with E-state index in [-0.39, 0.29) is 32.5 Å². The Morgan fingerprint density at radius 2 is 0.522 bits per heavy atom. The van der Waals surface area contributed by atoms with Gasteiger partial charge in [-0.15, -0.1) is 0 Å². The molecule has 7 heteroatoms. The summed E-state index contributed by atoms with van der Waals surface area (Å²) < 4.78 is 0. The molecule has 0 aliphatic heterocycles. The Hall–Kier alpha value is -6.34. The molecule has 3 aromatic carbocycles. The summed E-state index contributed by atoms with van der Waals surface area (Å²) in [4.78, 5) is 28.1. The Balaban J connectivity index is 1.67. The molecule has 7 rings (SSSR count). The zero-order valence-corrected chi connectivity index (χ0v) is 44.9. The van der Waals surface area contributed by atoms with E-state index in [0.29, 0.717) is 11.6 Å². The third kappa shape index (κ3) is 11.6. The van der Waals surface area contributed by atoms with Crippen molar-refractivity contribution < 1.29 is 0 Å². The average molecular weight is 920 g/mol. The van der Waals surface area contributed by atoms with Gasteiger partial charge in [0.25, 0.3) is 0 Å². The van der Waals surface area contributed by atoms with Crippen LogP contribution in [-0.4, -0.2) is 19.9 Å². The van der Waals surface area contributed by atoms with E-state index in [2.05, 4.69) is 261 Å². The van der Waals surface area contributed by atoms with Gasteiger partial charge in [-0.1, -0.05) is 161 Å². The highest BCUT2D eigenvalue weighted by Crippen LogP contribution is 2.46. The number of benzene rings is 3. The molecule has 0 aliphatic rings. The van der Waals surface area contributed by atoms with Crippen molar-refractivity contribution in [2.75, 3.05) is 14.7 Å². The second kappa shape index (κ2) is 18.5. The van der Waals surface area contributed by atoms with E-state index in [1.807, 2.05) is 18.6 Å². The van der Waals surface area contributed by atoms with Gasteiger partial charge in [-0.05, 0) is 139 Å². The van der Waals surface area contributed by atoms with Crippen LogP contribution in [0.3, 0.4) is 0 Å². The molecule has 4 aromatic heterocycles. The Kier molecular flexibility index (Phi) is 13.6. The molecule has 0 bridgehead atoms. The molecule has 7 aromatic rings. The summed E-state index contributed by atoms with van der Waals surface area (Å²) in [7, 11) is 0. The number of anilines is 9. The van der Waals surface area contributed by atoms with E-state index in [1.54, 1.807) is 0 Å². The van der Waals surface area contributed by atoms with Crippen molar-refractivity contribution in [3.8, 4) is 0 Å². The zero-order valence-electron chi connectivity index (χ0n) is 44.9. The van der Waals surface area contributed by atoms with Crippen LogP contribution in [0.5, 0.6) is 0 Å². The van der Waals surface area contributed by atoms with Gasteiger partial charge in [-0.2, -0.15) is 0 Å². The van der Waals surface area contributed by atoms with Crippen molar-refractivity contribution >= 4 is 51.8 Å². The van der Waals surface area contributed by atoms with Gasteiger partial charge in [0.15, 0.2) is 0 Å². The maximum absolute atomic E-state index is 5.82. The van der Waals surface area contributed by atoms with Gasteiger partial charge in [0.05, 0.1) is 5.69 Å². The van der Waals surface area contributed by atoms with Crippen LogP contribution < -0.4 is 14.7 Å². The monoisotopic (exact) mass is 920 g/mol. The van der Waals surface area contributed by atoms with Crippen LogP contribution in [0.1, 0.15) is 158 Å². The molecule has 69 heavy (non-hydrogen) atoms. The Morgan fingerprint density at radius 1 is 0.261 bits per heavy atom. The number of nitrogens with zero attached hydrogens (tertiary/aromatic N) is 7. The first-order valence-electron chi connectivity index (χ1n) is 24.6. The number of rotatable bonds is 9. The summed E-state index contributed by atoms with van der Waals surface area (Å²) >= 11 is 0. The van der Waals surface area contributed by atoms with E-state index in [4.69, 9.17) is 19.9 Å². The molecule has 360 valence electrons. The lowest BCUT2D eigenvalue weighted by atomic mass is 9.86. The Labute approximate surface area is 415 Å². The third-order valence-corrected chi connectivity index (χ3v) is 12.9. The van der Waals surface area contributed by atoms with E-state index in [9.17, 15) is 0 Å². The quantitative estimate of drug-likeness (QED) is 0.143. The molecule has 0 unspecified atom stereocenters. The van der Waals surface area contributed by atoms with Crippen LogP contribution in [0.2, 0.25) is 0 Å². The molecule has 7 nitrogen and oxygen atoms in total. The molecule has 0 atom stereocenters. The summed E-state index contributed by atoms with van der Waals surface area (Å²) in [5.74, 6) is 3.74. The lowest BCUT2D eigenvalue weighted by Gasteiger charge is -2.33. The smallest absolute Gasteiger partial charge is 0.143 e. The molecule has 0 N–H and O–H groups in total. The first-order valence-corrected chi connectivity index (χ1v) is 24.6. The van der Waals surface area contributed by atoms with Crippen LogP contribution in [0.25, 0.3) is 0 Å². The Bertz CT molecular complexity index is 2420. The fraction of sp³-hybridized carbons (Fsp3) is 0.387. The Morgan fingerprint density at radius 3 is 0.812 bits per heavy atom. The first kappa shape index (κ1) is 50.5. The van der Waals surface area contributed by atoms with E-state index in [0.717, 1.165) is 40.2 Å². The van der Waals surface area contributed by atoms with Gasteiger partial charge in [-0.25, -0.2) is 19.9 Å². The number of hydrogen-bond acceptors (Lipinski definition) is 7. The normalized spacial score (nSPS) is 12.8. The summed E-state index contributed by atoms with van der Waals surface area (Å²) in [6, 6.07) is 44.0. The third-order valence-electron chi connectivity index (χ3n) is 12.9. The predicted molar refractivity (Wildman–Crippen MR) is 294 cm³/mol. The van der Waals surface area contributed by atoms with Gasteiger partial charge in [0, 0.05) is 47.8 Å². The molecule has 0 amide bonds. The maximum atomic E-state index is 5.82. The fourth-order valence-electron chi connectivity index (χ4n) is 8.38. The lowest BCUT2D eigenvalue weighted by Crippen LogP contribution is -2.22. The van der Waals surface area contributed by atoms with E-state index >= 15 is 0 Å². The van der Waals surface area contributed by atoms with Crippen LogP contribution in [-0.2, 0) is 32.5 Å². The van der Waals surface area contributed by atoms with Crippen LogP contribution in [0, 0.1) is 0 Å². The van der Waals surface area contributed by atoms with Crippen LogP contribution in [0.15, 0.2) is 140 Å². The van der Waals surface area contributed by atoms with Crippen molar-refractivity contribution in [3.05, 3.63) is 173 Å². The van der Waals surface area contributed by atoms with Crippen LogP contribution >= 0.6 is 0 Å². The second-order valence-electron chi connectivity index (χ2n) is 24.9. The molecule has 0 radical (unpaired) electrons. The topological polar surface area (TPSA) is 61.3 Å². The summed E-state index contributed by atoms with van der Waals surface area (Å²) in [6.07, 6.45) is 5.80. The number of pyridine rings is 4. The standard InChI is InChI=1S/C62H77N7/c1-57(2,3)42-22-19-25-48(34-42)67(52-37-45(28-31-63-52)60(10,11)12)51-40-55(68(49-26-20-23-43(35-49)58(4,5)6)53-38-46(29-32-64-53)61(13,14)15)66-56(41-51)69(50-27-21-24-44(36-50)59(7,8)9)54-39-47(30-33-65-54)62(16,17)18/h19-41H,1-18H3. The maximum Gasteiger partial charge on any atom is 0.143 e.